The van der Waals surface area contributed by atoms with E-state index in [1.165, 1.54) is 0 Å². The van der Waals surface area contributed by atoms with Crippen LogP contribution < -0.4 is 10.1 Å². The smallest absolute Gasteiger partial charge is 0.119 e. The summed E-state index contributed by atoms with van der Waals surface area (Å²) in [6.07, 6.45) is 4.61. The number of halogens is 1. The Morgan fingerprint density at radius 3 is 2.78 bits per heavy atom. The molecular weight excluding hydrogens is 294 g/mol. The lowest BCUT2D eigenvalue weighted by atomic mass is 10.3. The van der Waals surface area contributed by atoms with Gasteiger partial charge < -0.3 is 15.2 Å². The van der Waals surface area contributed by atoms with E-state index in [9.17, 15) is 5.11 Å². The Morgan fingerprint density at radius 1 is 1.39 bits per heavy atom. The molecule has 0 saturated heterocycles. The average molecular weight is 314 g/mol. The average Bonchev–Trinajstić information content (AvgIpc) is 2.38. The normalized spacial score (nSPS) is 12.8. The van der Waals surface area contributed by atoms with Crippen molar-refractivity contribution in [3.8, 4) is 5.75 Å². The standard InChI is InChI=1S/C14H20BrNO2/c1-2-3-4-9-16-10-13(17)11-18-14-7-5-12(15)6-8-14/h2-3,5-8,13,16-17H,4,9-11H2,1H3/b3-2+. The van der Waals surface area contributed by atoms with Crippen LogP contribution in [0.1, 0.15) is 13.3 Å². The Balaban J connectivity index is 2.12. The molecule has 0 aliphatic heterocycles. The van der Waals surface area contributed by atoms with Crippen LogP contribution in [0.4, 0.5) is 0 Å². The highest BCUT2D eigenvalue weighted by Gasteiger charge is 2.04. The number of aliphatic hydroxyl groups is 1. The summed E-state index contributed by atoms with van der Waals surface area (Å²) in [4.78, 5) is 0. The Kier molecular flexibility index (Phi) is 7.73. The molecule has 0 bridgehead atoms. The predicted octanol–water partition coefficient (Wildman–Crippen LogP) is 2.74. The largest absolute Gasteiger partial charge is 0.491 e. The van der Waals surface area contributed by atoms with Crippen molar-refractivity contribution in [1.82, 2.24) is 5.32 Å². The minimum absolute atomic E-state index is 0.304. The van der Waals surface area contributed by atoms with Crippen molar-refractivity contribution in [2.24, 2.45) is 0 Å². The SMILES string of the molecule is C/C=C/CCNCC(O)COc1ccc(Br)cc1. The topological polar surface area (TPSA) is 41.5 Å². The first-order valence-corrected chi connectivity index (χ1v) is 6.90. The molecule has 1 aromatic rings. The highest BCUT2D eigenvalue weighted by Crippen LogP contribution is 2.16. The van der Waals surface area contributed by atoms with E-state index >= 15 is 0 Å². The van der Waals surface area contributed by atoms with Crippen LogP contribution in [0.2, 0.25) is 0 Å². The first-order chi connectivity index (χ1) is 8.72. The molecular formula is C14H20BrNO2. The molecule has 2 N–H and O–H groups in total. The van der Waals surface area contributed by atoms with Crippen LogP contribution in [-0.4, -0.2) is 30.9 Å². The zero-order chi connectivity index (χ0) is 13.2. The summed E-state index contributed by atoms with van der Waals surface area (Å²) in [6, 6.07) is 7.57. The third-order valence-electron chi connectivity index (χ3n) is 2.36. The quantitative estimate of drug-likeness (QED) is 0.573. The molecule has 1 aromatic carbocycles. The molecule has 100 valence electrons. The van der Waals surface area contributed by atoms with Crippen molar-refractivity contribution in [3.63, 3.8) is 0 Å². The molecule has 18 heavy (non-hydrogen) atoms. The van der Waals surface area contributed by atoms with Gasteiger partial charge in [-0.25, -0.2) is 0 Å². The fraction of sp³-hybridized carbons (Fsp3) is 0.429. The van der Waals surface area contributed by atoms with Gasteiger partial charge in [0.05, 0.1) is 0 Å². The number of aliphatic hydroxyl groups excluding tert-OH is 1. The van der Waals surface area contributed by atoms with Gasteiger partial charge in [-0.1, -0.05) is 28.1 Å². The molecule has 0 amide bonds. The summed E-state index contributed by atoms with van der Waals surface area (Å²) in [5.74, 6) is 0.770. The molecule has 1 rings (SSSR count). The molecule has 0 radical (unpaired) electrons. The van der Waals surface area contributed by atoms with Crippen LogP contribution >= 0.6 is 15.9 Å². The van der Waals surface area contributed by atoms with E-state index in [4.69, 9.17) is 4.74 Å². The highest BCUT2D eigenvalue weighted by atomic mass is 79.9. The molecule has 0 heterocycles. The fourth-order valence-electron chi connectivity index (χ4n) is 1.40. The molecule has 1 atom stereocenters. The van der Waals surface area contributed by atoms with Gasteiger partial charge in [-0.05, 0) is 44.2 Å². The van der Waals surface area contributed by atoms with Gasteiger partial charge in [0.15, 0.2) is 0 Å². The van der Waals surface area contributed by atoms with Gasteiger partial charge in [-0.2, -0.15) is 0 Å². The first-order valence-electron chi connectivity index (χ1n) is 6.10. The lowest BCUT2D eigenvalue weighted by Crippen LogP contribution is -2.31. The second-order valence-corrected chi connectivity index (χ2v) is 4.90. The minimum Gasteiger partial charge on any atom is -0.491 e. The summed E-state index contributed by atoms with van der Waals surface area (Å²) in [5, 5.41) is 12.9. The molecule has 0 aliphatic rings. The lowest BCUT2D eigenvalue weighted by Gasteiger charge is -2.13. The molecule has 3 nitrogen and oxygen atoms in total. The van der Waals surface area contributed by atoms with Crippen molar-refractivity contribution >= 4 is 15.9 Å². The van der Waals surface area contributed by atoms with Crippen LogP contribution in [0.3, 0.4) is 0 Å². The van der Waals surface area contributed by atoms with Crippen molar-refractivity contribution in [2.75, 3.05) is 19.7 Å². The van der Waals surface area contributed by atoms with E-state index < -0.39 is 6.10 Å². The van der Waals surface area contributed by atoms with Crippen molar-refractivity contribution in [2.45, 2.75) is 19.4 Å². The molecule has 1 unspecified atom stereocenters. The summed E-state index contributed by atoms with van der Waals surface area (Å²) in [5.41, 5.74) is 0. The van der Waals surface area contributed by atoms with Gasteiger partial charge in [0, 0.05) is 11.0 Å². The van der Waals surface area contributed by atoms with Crippen molar-refractivity contribution in [3.05, 3.63) is 40.9 Å². The van der Waals surface area contributed by atoms with E-state index in [1.807, 2.05) is 37.3 Å². The zero-order valence-corrected chi connectivity index (χ0v) is 12.2. The molecule has 0 spiro atoms. The van der Waals surface area contributed by atoms with Gasteiger partial charge in [-0.15, -0.1) is 0 Å². The number of allylic oxidation sites excluding steroid dienone is 1. The van der Waals surface area contributed by atoms with E-state index in [0.29, 0.717) is 13.2 Å². The Morgan fingerprint density at radius 2 is 2.11 bits per heavy atom. The van der Waals surface area contributed by atoms with E-state index in [0.717, 1.165) is 23.2 Å². The predicted molar refractivity (Wildman–Crippen MR) is 77.9 cm³/mol. The number of nitrogens with one attached hydrogen (secondary N) is 1. The number of rotatable bonds is 8. The second-order valence-electron chi connectivity index (χ2n) is 3.98. The molecule has 0 saturated carbocycles. The monoisotopic (exact) mass is 313 g/mol. The Labute approximate surface area is 117 Å². The number of benzene rings is 1. The van der Waals surface area contributed by atoms with Gasteiger partial charge in [0.25, 0.3) is 0 Å². The van der Waals surface area contributed by atoms with Crippen LogP contribution in [0, 0.1) is 0 Å². The van der Waals surface area contributed by atoms with Gasteiger partial charge >= 0.3 is 0 Å². The van der Waals surface area contributed by atoms with Gasteiger partial charge in [0.2, 0.25) is 0 Å². The third kappa shape index (κ3) is 6.79. The maximum absolute atomic E-state index is 9.71. The summed E-state index contributed by atoms with van der Waals surface area (Å²) in [6.45, 7) is 3.73. The van der Waals surface area contributed by atoms with Crippen molar-refractivity contribution in [1.29, 1.82) is 0 Å². The van der Waals surface area contributed by atoms with Gasteiger partial charge in [-0.3, -0.25) is 0 Å². The van der Waals surface area contributed by atoms with E-state index in [2.05, 4.69) is 27.3 Å². The highest BCUT2D eigenvalue weighted by molar-refractivity contribution is 9.10. The third-order valence-corrected chi connectivity index (χ3v) is 2.89. The van der Waals surface area contributed by atoms with Gasteiger partial charge in [0.1, 0.15) is 18.5 Å². The molecule has 0 fully saturated rings. The van der Waals surface area contributed by atoms with E-state index in [1.54, 1.807) is 0 Å². The molecule has 0 aromatic heterocycles. The van der Waals surface area contributed by atoms with Crippen LogP contribution in [0.5, 0.6) is 5.75 Å². The zero-order valence-electron chi connectivity index (χ0n) is 10.6. The maximum atomic E-state index is 9.71. The fourth-order valence-corrected chi connectivity index (χ4v) is 1.67. The van der Waals surface area contributed by atoms with E-state index in [-0.39, 0.29) is 0 Å². The van der Waals surface area contributed by atoms with Crippen LogP contribution in [0.15, 0.2) is 40.9 Å². The minimum atomic E-state index is -0.487. The number of hydrogen-bond donors (Lipinski definition) is 2. The van der Waals surface area contributed by atoms with Crippen LogP contribution in [-0.2, 0) is 0 Å². The lowest BCUT2D eigenvalue weighted by molar-refractivity contribution is 0.107. The number of hydrogen-bond acceptors (Lipinski definition) is 3. The summed E-state index contributed by atoms with van der Waals surface area (Å²) >= 11 is 3.36. The second kappa shape index (κ2) is 9.14. The number of ether oxygens (including phenoxy) is 1. The Hall–Kier alpha value is -0.840. The first kappa shape index (κ1) is 15.2. The molecule has 4 heteroatoms. The maximum Gasteiger partial charge on any atom is 0.119 e. The van der Waals surface area contributed by atoms with Crippen molar-refractivity contribution < 1.29 is 9.84 Å². The molecule has 0 aliphatic carbocycles. The van der Waals surface area contributed by atoms with Crippen LogP contribution in [0.25, 0.3) is 0 Å². The summed E-state index contributed by atoms with van der Waals surface area (Å²) in [7, 11) is 0. The Bertz CT molecular complexity index is 351. The summed E-state index contributed by atoms with van der Waals surface area (Å²) < 4.78 is 6.49.